The Morgan fingerprint density at radius 2 is 2.00 bits per heavy atom. The van der Waals surface area contributed by atoms with Gasteiger partial charge in [-0.15, -0.1) is 0 Å². The average Bonchev–Trinajstić information content (AvgIpc) is 2.72. The number of nitrogens with two attached hydrogens (primary N) is 1. The Morgan fingerprint density at radius 3 is 2.64 bits per heavy atom. The van der Waals surface area contributed by atoms with Gasteiger partial charge in [0.1, 0.15) is 0 Å². The third-order valence-electron chi connectivity index (χ3n) is 2.17. The van der Waals surface area contributed by atoms with Gasteiger partial charge in [0.05, 0.1) is 6.54 Å². The molecule has 0 saturated carbocycles. The summed E-state index contributed by atoms with van der Waals surface area (Å²) >= 11 is 0. The molecule has 0 aliphatic rings. The van der Waals surface area contributed by atoms with Crippen LogP contribution >= 0.6 is 0 Å². The summed E-state index contributed by atoms with van der Waals surface area (Å²) in [6.45, 7) is 0.719. The fourth-order valence-corrected chi connectivity index (χ4v) is 1.42. The van der Waals surface area contributed by atoms with Crippen LogP contribution < -0.4 is 5.73 Å². The molecule has 0 fully saturated rings. The summed E-state index contributed by atoms with van der Waals surface area (Å²) in [5, 5.41) is 4.12. The zero-order valence-electron chi connectivity index (χ0n) is 7.88. The highest BCUT2D eigenvalue weighted by Crippen LogP contribution is 2.10. The van der Waals surface area contributed by atoms with Crippen molar-refractivity contribution in [2.45, 2.75) is 12.6 Å². The highest BCUT2D eigenvalue weighted by Gasteiger charge is 2.05. The molecule has 0 unspecified atom stereocenters. The van der Waals surface area contributed by atoms with Crippen LogP contribution in [-0.2, 0) is 6.54 Å². The molecule has 2 rings (SSSR count). The second-order valence-corrected chi connectivity index (χ2v) is 3.25. The van der Waals surface area contributed by atoms with Crippen LogP contribution in [0, 0.1) is 0 Å². The number of nitrogens with zero attached hydrogens (tertiary/aromatic N) is 2. The predicted octanol–water partition coefficient (Wildman–Crippen LogP) is 1.58. The average molecular weight is 187 g/mol. The highest BCUT2D eigenvalue weighted by molar-refractivity contribution is 5.18. The lowest BCUT2D eigenvalue weighted by molar-refractivity contribution is 0.528. The van der Waals surface area contributed by atoms with Crippen molar-refractivity contribution < 1.29 is 0 Å². The maximum Gasteiger partial charge on any atom is 0.0602 e. The van der Waals surface area contributed by atoms with Crippen LogP contribution in [0.5, 0.6) is 0 Å². The van der Waals surface area contributed by atoms with Crippen molar-refractivity contribution in [3.8, 4) is 0 Å². The monoisotopic (exact) mass is 187 g/mol. The minimum absolute atomic E-state index is 0.0103. The van der Waals surface area contributed by atoms with E-state index in [0.29, 0.717) is 0 Å². The van der Waals surface area contributed by atoms with Crippen molar-refractivity contribution in [2.24, 2.45) is 5.73 Å². The third-order valence-corrected chi connectivity index (χ3v) is 2.17. The molecule has 0 aliphatic heterocycles. The van der Waals surface area contributed by atoms with Crippen molar-refractivity contribution in [3.63, 3.8) is 0 Å². The Morgan fingerprint density at radius 1 is 1.21 bits per heavy atom. The van der Waals surface area contributed by atoms with E-state index in [9.17, 15) is 0 Å². The van der Waals surface area contributed by atoms with Gasteiger partial charge in [0.25, 0.3) is 0 Å². The third kappa shape index (κ3) is 2.00. The molecule has 3 nitrogen and oxygen atoms in total. The second-order valence-electron chi connectivity index (χ2n) is 3.25. The maximum absolute atomic E-state index is 6.03. The van der Waals surface area contributed by atoms with Crippen LogP contribution in [0.2, 0.25) is 0 Å². The van der Waals surface area contributed by atoms with Gasteiger partial charge in [-0.1, -0.05) is 30.3 Å². The molecule has 0 aliphatic carbocycles. The molecule has 1 atom stereocenters. The number of aromatic nitrogens is 2. The molecule has 2 N–H and O–H groups in total. The van der Waals surface area contributed by atoms with Crippen LogP contribution in [0.3, 0.4) is 0 Å². The Hall–Kier alpha value is -1.61. The highest BCUT2D eigenvalue weighted by atomic mass is 15.3. The normalized spacial score (nSPS) is 12.6. The summed E-state index contributed by atoms with van der Waals surface area (Å²) in [6.07, 6.45) is 3.68. The summed E-state index contributed by atoms with van der Waals surface area (Å²) in [5.41, 5.74) is 7.17. The predicted molar refractivity (Wildman–Crippen MR) is 55.6 cm³/mol. The molecule has 0 radical (unpaired) electrons. The van der Waals surface area contributed by atoms with Crippen molar-refractivity contribution in [3.05, 3.63) is 54.4 Å². The lowest BCUT2D eigenvalue weighted by atomic mass is 10.1. The van der Waals surface area contributed by atoms with Gasteiger partial charge in [-0.3, -0.25) is 4.68 Å². The molecular weight excluding hydrogens is 174 g/mol. The first-order valence-corrected chi connectivity index (χ1v) is 4.64. The van der Waals surface area contributed by atoms with E-state index < -0.39 is 0 Å². The molecule has 0 bridgehead atoms. The molecule has 0 amide bonds. The zero-order chi connectivity index (χ0) is 9.80. The number of benzene rings is 1. The number of hydrogen-bond donors (Lipinski definition) is 1. The Balaban J connectivity index is 2.07. The first kappa shape index (κ1) is 8.97. The molecule has 1 aromatic heterocycles. The summed E-state index contributed by atoms with van der Waals surface area (Å²) in [4.78, 5) is 0. The molecule has 3 heteroatoms. The van der Waals surface area contributed by atoms with Crippen molar-refractivity contribution in [1.29, 1.82) is 0 Å². The van der Waals surface area contributed by atoms with Crippen LogP contribution in [0.25, 0.3) is 0 Å². The summed E-state index contributed by atoms with van der Waals surface area (Å²) in [5.74, 6) is 0. The minimum atomic E-state index is 0.0103. The first-order chi connectivity index (χ1) is 6.86. The van der Waals surface area contributed by atoms with E-state index in [1.165, 1.54) is 0 Å². The molecule has 0 spiro atoms. The summed E-state index contributed by atoms with van der Waals surface area (Å²) < 4.78 is 1.84. The quantitative estimate of drug-likeness (QED) is 0.792. The van der Waals surface area contributed by atoms with Gasteiger partial charge in [0.15, 0.2) is 0 Å². The number of rotatable bonds is 3. The molecule has 14 heavy (non-hydrogen) atoms. The maximum atomic E-state index is 6.03. The second kappa shape index (κ2) is 4.07. The van der Waals surface area contributed by atoms with Gasteiger partial charge in [0, 0.05) is 18.4 Å². The van der Waals surface area contributed by atoms with E-state index in [0.717, 1.165) is 12.1 Å². The lowest BCUT2D eigenvalue weighted by Gasteiger charge is -2.11. The number of hydrogen-bond acceptors (Lipinski definition) is 2. The fourth-order valence-electron chi connectivity index (χ4n) is 1.42. The van der Waals surface area contributed by atoms with E-state index in [4.69, 9.17) is 5.73 Å². The zero-order valence-corrected chi connectivity index (χ0v) is 7.88. The van der Waals surface area contributed by atoms with Crippen molar-refractivity contribution in [2.75, 3.05) is 0 Å². The summed E-state index contributed by atoms with van der Waals surface area (Å²) in [7, 11) is 0. The van der Waals surface area contributed by atoms with Crippen LogP contribution in [0.15, 0.2) is 48.8 Å². The van der Waals surface area contributed by atoms with Gasteiger partial charge in [-0.2, -0.15) is 5.10 Å². The molecule has 1 aromatic carbocycles. The molecule has 0 saturated heterocycles. The Kier molecular flexibility index (Phi) is 2.60. The smallest absolute Gasteiger partial charge is 0.0602 e. The molecular formula is C11H13N3. The van der Waals surface area contributed by atoms with Crippen LogP contribution in [-0.4, -0.2) is 9.78 Å². The van der Waals surface area contributed by atoms with Gasteiger partial charge in [-0.25, -0.2) is 0 Å². The lowest BCUT2D eigenvalue weighted by Crippen LogP contribution is -2.17. The SMILES string of the molecule is N[C@@H](Cn1cccn1)c1ccccc1. The fraction of sp³-hybridized carbons (Fsp3) is 0.182. The van der Waals surface area contributed by atoms with Crippen molar-refractivity contribution in [1.82, 2.24) is 9.78 Å². The topological polar surface area (TPSA) is 43.8 Å². The summed E-state index contributed by atoms with van der Waals surface area (Å²) in [6, 6.07) is 12.0. The van der Waals surface area contributed by atoms with E-state index in [-0.39, 0.29) is 6.04 Å². The molecule has 2 aromatic rings. The van der Waals surface area contributed by atoms with Gasteiger partial charge < -0.3 is 5.73 Å². The van der Waals surface area contributed by atoms with Gasteiger partial charge in [-0.05, 0) is 11.6 Å². The Labute approximate surface area is 83.2 Å². The largest absolute Gasteiger partial charge is 0.322 e. The van der Waals surface area contributed by atoms with E-state index in [1.807, 2.05) is 47.3 Å². The standard InChI is InChI=1S/C11H13N3/c12-11(9-14-8-4-7-13-14)10-5-2-1-3-6-10/h1-8,11H,9,12H2/t11-/m0/s1. The molecule has 72 valence electrons. The Bertz CT molecular complexity index is 367. The van der Waals surface area contributed by atoms with Crippen LogP contribution in [0.4, 0.5) is 0 Å². The first-order valence-electron chi connectivity index (χ1n) is 4.64. The van der Waals surface area contributed by atoms with Crippen LogP contribution in [0.1, 0.15) is 11.6 Å². The molecule has 1 heterocycles. The van der Waals surface area contributed by atoms with Gasteiger partial charge in [0.2, 0.25) is 0 Å². The van der Waals surface area contributed by atoms with Crippen molar-refractivity contribution >= 4 is 0 Å². The van der Waals surface area contributed by atoms with E-state index in [1.54, 1.807) is 6.20 Å². The van der Waals surface area contributed by atoms with E-state index in [2.05, 4.69) is 5.10 Å². The minimum Gasteiger partial charge on any atom is -0.322 e. The van der Waals surface area contributed by atoms with E-state index >= 15 is 0 Å². The van der Waals surface area contributed by atoms with Gasteiger partial charge >= 0.3 is 0 Å².